The van der Waals surface area contributed by atoms with Crippen molar-refractivity contribution in [2.45, 2.75) is 39.0 Å². The average Bonchev–Trinajstić information content (AvgIpc) is 2.95. The molecule has 26 heavy (non-hydrogen) atoms. The van der Waals surface area contributed by atoms with Crippen LogP contribution < -0.4 is 5.56 Å². The van der Waals surface area contributed by atoms with Gasteiger partial charge in [-0.25, -0.2) is 9.67 Å². The lowest BCUT2D eigenvalue weighted by Gasteiger charge is -2.19. The summed E-state index contributed by atoms with van der Waals surface area (Å²) in [5.41, 5.74) is -0.919. The van der Waals surface area contributed by atoms with Crippen LogP contribution in [0.1, 0.15) is 31.9 Å². The minimum Gasteiger partial charge on any atom is -0.294 e. The molecule has 0 aliphatic rings. The van der Waals surface area contributed by atoms with Crippen molar-refractivity contribution in [2.75, 3.05) is 0 Å². The number of benzene rings is 1. The molecule has 3 rings (SSSR count). The maximum atomic E-state index is 13.0. The third-order valence-electron chi connectivity index (χ3n) is 3.88. The Morgan fingerprint density at radius 3 is 2.50 bits per heavy atom. The number of hydrogen-bond acceptors (Lipinski definition) is 3. The molecule has 0 saturated heterocycles. The van der Waals surface area contributed by atoms with Crippen LogP contribution >= 0.6 is 11.6 Å². The van der Waals surface area contributed by atoms with Gasteiger partial charge in [-0.1, -0.05) is 17.7 Å². The van der Waals surface area contributed by atoms with Gasteiger partial charge in [0.05, 0.1) is 28.9 Å². The number of fused-ring (bicyclic) bond motifs is 1. The number of aromatic nitrogens is 4. The molecule has 0 saturated carbocycles. The Morgan fingerprint density at radius 2 is 1.88 bits per heavy atom. The van der Waals surface area contributed by atoms with Crippen LogP contribution in [0.3, 0.4) is 0 Å². The summed E-state index contributed by atoms with van der Waals surface area (Å²) in [6.07, 6.45) is -1.82. The summed E-state index contributed by atoms with van der Waals surface area (Å²) < 4.78 is 41.9. The maximum absolute atomic E-state index is 13.0. The lowest BCUT2D eigenvalue weighted by molar-refractivity contribution is -0.137. The molecule has 0 amide bonds. The van der Waals surface area contributed by atoms with E-state index < -0.39 is 11.7 Å². The Bertz CT molecular complexity index is 1030. The normalized spacial score (nSPS) is 12.7. The molecule has 0 N–H and O–H groups in total. The Labute approximate surface area is 152 Å². The van der Waals surface area contributed by atoms with Gasteiger partial charge in [0.25, 0.3) is 5.56 Å². The Hall–Kier alpha value is -2.35. The van der Waals surface area contributed by atoms with E-state index in [1.165, 1.54) is 29.2 Å². The summed E-state index contributed by atoms with van der Waals surface area (Å²) in [7, 11) is 0. The van der Waals surface area contributed by atoms with E-state index in [-0.39, 0.29) is 22.7 Å². The molecule has 5 nitrogen and oxygen atoms in total. The molecule has 0 aliphatic heterocycles. The van der Waals surface area contributed by atoms with Gasteiger partial charge >= 0.3 is 6.18 Å². The second-order valence-corrected chi connectivity index (χ2v) is 7.36. The van der Waals surface area contributed by atoms with Crippen molar-refractivity contribution in [1.29, 1.82) is 0 Å². The minimum atomic E-state index is -4.56. The van der Waals surface area contributed by atoms with Crippen molar-refractivity contribution in [3.8, 4) is 0 Å². The molecule has 1 aromatic carbocycles. The molecular formula is C17H16ClF3N4O. The van der Waals surface area contributed by atoms with Crippen LogP contribution in [0.25, 0.3) is 11.0 Å². The first-order valence-electron chi connectivity index (χ1n) is 7.78. The van der Waals surface area contributed by atoms with Gasteiger partial charge in [-0.2, -0.15) is 18.3 Å². The predicted molar refractivity (Wildman–Crippen MR) is 92.3 cm³/mol. The van der Waals surface area contributed by atoms with E-state index in [2.05, 4.69) is 10.1 Å². The Morgan fingerprint density at radius 1 is 1.19 bits per heavy atom. The zero-order chi connectivity index (χ0) is 19.3. The van der Waals surface area contributed by atoms with E-state index in [0.717, 1.165) is 6.07 Å². The van der Waals surface area contributed by atoms with Gasteiger partial charge < -0.3 is 0 Å². The Kier molecular flexibility index (Phi) is 4.34. The first-order chi connectivity index (χ1) is 12.0. The minimum absolute atomic E-state index is 0.0529. The number of nitrogens with zero attached hydrogens (tertiary/aromatic N) is 4. The lowest BCUT2D eigenvalue weighted by Crippen LogP contribution is -2.25. The topological polar surface area (TPSA) is 52.7 Å². The van der Waals surface area contributed by atoms with Gasteiger partial charge in [0, 0.05) is 0 Å². The third kappa shape index (κ3) is 3.33. The van der Waals surface area contributed by atoms with Crippen LogP contribution in [0, 0.1) is 0 Å². The summed E-state index contributed by atoms with van der Waals surface area (Å²) in [5, 5.41) is 4.14. The number of alkyl halides is 3. The highest BCUT2D eigenvalue weighted by atomic mass is 35.5. The largest absolute Gasteiger partial charge is 0.417 e. The zero-order valence-corrected chi connectivity index (χ0v) is 15.1. The molecule has 3 aromatic rings. The monoisotopic (exact) mass is 384 g/mol. The second-order valence-electron chi connectivity index (χ2n) is 6.95. The van der Waals surface area contributed by atoms with Gasteiger partial charge in [-0.05, 0) is 38.5 Å². The van der Waals surface area contributed by atoms with Crippen molar-refractivity contribution in [1.82, 2.24) is 19.3 Å². The van der Waals surface area contributed by atoms with Gasteiger partial charge in [0.15, 0.2) is 5.65 Å². The highest BCUT2D eigenvalue weighted by molar-refractivity contribution is 6.31. The molecule has 0 fully saturated rings. The molecule has 9 heteroatoms. The molecule has 0 radical (unpaired) electrons. The first-order valence-corrected chi connectivity index (χ1v) is 8.15. The summed E-state index contributed by atoms with van der Waals surface area (Å²) >= 11 is 5.63. The van der Waals surface area contributed by atoms with Crippen molar-refractivity contribution in [3.63, 3.8) is 0 Å². The fourth-order valence-corrected chi connectivity index (χ4v) is 2.86. The molecule has 0 aliphatic carbocycles. The van der Waals surface area contributed by atoms with Gasteiger partial charge in [0.2, 0.25) is 0 Å². The summed E-state index contributed by atoms with van der Waals surface area (Å²) in [6, 6.07) is 3.57. The van der Waals surface area contributed by atoms with Crippen LogP contribution in [0.5, 0.6) is 0 Å². The van der Waals surface area contributed by atoms with Crippen LogP contribution in [0.2, 0.25) is 5.02 Å². The quantitative estimate of drug-likeness (QED) is 0.669. The van der Waals surface area contributed by atoms with E-state index in [9.17, 15) is 18.0 Å². The predicted octanol–water partition coefficient (Wildman–Crippen LogP) is 4.07. The number of rotatable bonds is 2. The lowest BCUT2D eigenvalue weighted by atomic mass is 10.1. The van der Waals surface area contributed by atoms with Crippen molar-refractivity contribution in [2.24, 2.45) is 0 Å². The first kappa shape index (κ1) is 18.4. The molecule has 0 bridgehead atoms. The summed E-state index contributed by atoms with van der Waals surface area (Å²) in [5.74, 6) is 0. The summed E-state index contributed by atoms with van der Waals surface area (Å²) in [4.78, 5) is 16.9. The SMILES string of the molecule is CC(C)(C)n1ncc2c(=O)n(Cc3ccc(Cl)c(C(F)(F)F)c3)cnc21. The van der Waals surface area contributed by atoms with Gasteiger partial charge in [-0.3, -0.25) is 9.36 Å². The smallest absolute Gasteiger partial charge is 0.294 e. The van der Waals surface area contributed by atoms with E-state index in [1.54, 1.807) is 4.68 Å². The molecule has 0 spiro atoms. The van der Waals surface area contributed by atoms with Crippen LogP contribution in [0.15, 0.2) is 35.5 Å². The van der Waals surface area contributed by atoms with Crippen molar-refractivity contribution >= 4 is 22.6 Å². The number of hydrogen-bond donors (Lipinski definition) is 0. The fourth-order valence-electron chi connectivity index (χ4n) is 2.64. The molecule has 0 unspecified atom stereocenters. The molecule has 2 heterocycles. The third-order valence-corrected chi connectivity index (χ3v) is 4.21. The van der Waals surface area contributed by atoms with Crippen molar-refractivity contribution in [3.05, 3.63) is 57.2 Å². The zero-order valence-electron chi connectivity index (χ0n) is 14.3. The molecular weight excluding hydrogens is 369 g/mol. The second kappa shape index (κ2) is 6.12. The highest BCUT2D eigenvalue weighted by Gasteiger charge is 2.33. The van der Waals surface area contributed by atoms with E-state index >= 15 is 0 Å². The van der Waals surface area contributed by atoms with Crippen LogP contribution in [-0.2, 0) is 18.3 Å². The van der Waals surface area contributed by atoms with E-state index in [1.807, 2.05) is 20.8 Å². The van der Waals surface area contributed by atoms with Gasteiger partial charge in [0.1, 0.15) is 11.7 Å². The Balaban J connectivity index is 2.03. The number of halogens is 4. The maximum Gasteiger partial charge on any atom is 0.417 e. The van der Waals surface area contributed by atoms with E-state index in [4.69, 9.17) is 11.6 Å². The van der Waals surface area contributed by atoms with Crippen molar-refractivity contribution < 1.29 is 13.2 Å². The molecule has 138 valence electrons. The fraction of sp³-hybridized carbons (Fsp3) is 0.353. The van der Waals surface area contributed by atoms with E-state index in [0.29, 0.717) is 16.6 Å². The van der Waals surface area contributed by atoms with Crippen LogP contribution in [0.4, 0.5) is 13.2 Å². The standard InChI is InChI=1S/C17H16ClF3N4O/c1-16(2,3)25-14-11(7-23-25)15(26)24(9-22-14)8-10-4-5-13(18)12(6-10)17(19,20)21/h4-7,9H,8H2,1-3H3. The summed E-state index contributed by atoms with van der Waals surface area (Å²) in [6.45, 7) is 5.74. The molecule has 2 aromatic heterocycles. The molecule has 0 atom stereocenters. The van der Waals surface area contributed by atoms with Gasteiger partial charge in [-0.15, -0.1) is 0 Å². The van der Waals surface area contributed by atoms with Crippen LogP contribution in [-0.4, -0.2) is 19.3 Å². The highest BCUT2D eigenvalue weighted by Crippen LogP contribution is 2.35. The average molecular weight is 385 g/mol.